The Balaban J connectivity index is 2.07. The minimum Gasteiger partial charge on any atom is -0.353 e. The molecule has 0 aliphatic carbocycles. The third-order valence-electron chi connectivity index (χ3n) is 4.32. The van der Waals surface area contributed by atoms with Crippen molar-refractivity contribution in [3.05, 3.63) is 74.1 Å². The van der Waals surface area contributed by atoms with E-state index in [2.05, 4.69) is 16.7 Å². The third-order valence-corrected chi connectivity index (χ3v) is 5.98. The second-order valence-electron chi connectivity index (χ2n) is 5.94. The zero-order valence-electron chi connectivity index (χ0n) is 14.8. The first kappa shape index (κ1) is 18.3. The van der Waals surface area contributed by atoms with Crippen molar-refractivity contribution in [2.24, 2.45) is 0 Å². The van der Waals surface area contributed by atoms with Crippen LogP contribution < -0.4 is 10.6 Å². The summed E-state index contributed by atoms with van der Waals surface area (Å²) in [6, 6.07) is 13.9. The standard InChI is InChI=1S/C20H19N3OS2/c1-12-7-4-5-8-15(12)23-19(24)18-17(16-9-6-10-26-16)14(11-21)13(2)22-20(18)25-3/h4-10,17,22H,1-3H3,(H,23,24). The number of benzene rings is 1. The quantitative estimate of drug-likeness (QED) is 0.802. The summed E-state index contributed by atoms with van der Waals surface area (Å²) >= 11 is 3.04. The molecule has 4 nitrogen and oxygen atoms in total. The van der Waals surface area contributed by atoms with Gasteiger partial charge in [0, 0.05) is 16.3 Å². The van der Waals surface area contributed by atoms with Crippen molar-refractivity contribution in [3.8, 4) is 6.07 Å². The van der Waals surface area contributed by atoms with Gasteiger partial charge in [-0.05, 0) is 43.2 Å². The summed E-state index contributed by atoms with van der Waals surface area (Å²) in [5, 5.41) is 18.7. The Bertz CT molecular complexity index is 936. The van der Waals surface area contributed by atoms with E-state index in [-0.39, 0.29) is 11.8 Å². The molecule has 3 rings (SSSR count). The van der Waals surface area contributed by atoms with Gasteiger partial charge in [-0.1, -0.05) is 24.3 Å². The van der Waals surface area contributed by atoms with Gasteiger partial charge < -0.3 is 10.6 Å². The number of dihydropyridines is 1. The maximum absolute atomic E-state index is 13.2. The van der Waals surface area contributed by atoms with Crippen molar-refractivity contribution in [1.82, 2.24) is 5.32 Å². The number of para-hydroxylation sites is 1. The molecule has 26 heavy (non-hydrogen) atoms. The second kappa shape index (κ2) is 7.81. The molecule has 1 unspecified atom stereocenters. The molecular formula is C20H19N3OS2. The minimum atomic E-state index is -0.354. The van der Waals surface area contributed by atoms with Crippen molar-refractivity contribution in [1.29, 1.82) is 5.26 Å². The van der Waals surface area contributed by atoms with Gasteiger partial charge in [0.25, 0.3) is 5.91 Å². The number of aryl methyl sites for hydroxylation is 1. The first-order chi connectivity index (χ1) is 12.6. The number of hydrogen-bond acceptors (Lipinski definition) is 5. The van der Waals surface area contributed by atoms with Crippen LogP contribution in [0, 0.1) is 18.3 Å². The third kappa shape index (κ3) is 3.41. The lowest BCUT2D eigenvalue weighted by molar-refractivity contribution is -0.113. The van der Waals surface area contributed by atoms with Crippen LogP contribution in [0.5, 0.6) is 0 Å². The van der Waals surface area contributed by atoms with E-state index in [9.17, 15) is 10.1 Å². The fourth-order valence-electron chi connectivity index (χ4n) is 2.98. The van der Waals surface area contributed by atoms with Gasteiger partial charge in [0.1, 0.15) is 0 Å². The Morgan fingerprint density at radius 1 is 1.27 bits per heavy atom. The zero-order valence-corrected chi connectivity index (χ0v) is 16.4. The van der Waals surface area contributed by atoms with E-state index >= 15 is 0 Å². The van der Waals surface area contributed by atoms with Crippen LogP contribution in [-0.2, 0) is 4.79 Å². The number of nitrogens with zero attached hydrogens (tertiary/aromatic N) is 1. The van der Waals surface area contributed by atoms with Crippen molar-refractivity contribution in [2.75, 3.05) is 11.6 Å². The average Bonchev–Trinajstić information content (AvgIpc) is 3.16. The molecule has 0 saturated heterocycles. The molecule has 2 heterocycles. The molecule has 0 spiro atoms. The topological polar surface area (TPSA) is 64.9 Å². The van der Waals surface area contributed by atoms with Crippen LogP contribution in [0.1, 0.15) is 23.3 Å². The molecule has 2 N–H and O–H groups in total. The molecule has 132 valence electrons. The lowest BCUT2D eigenvalue weighted by Crippen LogP contribution is -2.30. The molecule has 0 bridgehead atoms. The van der Waals surface area contributed by atoms with Crippen molar-refractivity contribution in [3.63, 3.8) is 0 Å². The number of nitriles is 1. The van der Waals surface area contributed by atoms with Crippen LogP contribution in [-0.4, -0.2) is 12.2 Å². The summed E-state index contributed by atoms with van der Waals surface area (Å²) in [7, 11) is 0. The van der Waals surface area contributed by atoms with E-state index in [4.69, 9.17) is 0 Å². The molecular weight excluding hydrogens is 362 g/mol. The van der Waals surface area contributed by atoms with E-state index < -0.39 is 0 Å². The molecule has 0 radical (unpaired) electrons. The number of thioether (sulfide) groups is 1. The van der Waals surface area contributed by atoms with E-state index in [1.54, 1.807) is 11.3 Å². The predicted octanol–water partition coefficient (Wildman–Crippen LogP) is 4.75. The van der Waals surface area contributed by atoms with Gasteiger partial charge in [-0.2, -0.15) is 5.26 Å². The summed E-state index contributed by atoms with van der Waals surface area (Å²) in [6.07, 6.45) is 1.93. The monoisotopic (exact) mass is 381 g/mol. The van der Waals surface area contributed by atoms with E-state index in [0.717, 1.165) is 26.9 Å². The summed E-state index contributed by atoms with van der Waals surface area (Å²) < 4.78 is 0. The number of carbonyl (C=O) groups is 1. The Morgan fingerprint density at radius 3 is 2.65 bits per heavy atom. The Morgan fingerprint density at radius 2 is 2.04 bits per heavy atom. The molecule has 1 aliphatic heterocycles. The molecule has 1 amide bonds. The molecule has 0 saturated carbocycles. The lowest BCUT2D eigenvalue weighted by Gasteiger charge is -2.28. The maximum Gasteiger partial charge on any atom is 0.255 e. The lowest BCUT2D eigenvalue weighted by atomic mass is 9.86. The largest absolute Gasteiger partial charge is 0.353 e. The first-order valence-electron chi connectivity index (χ1n) is 8.13. The number of amides is 1. The maximum atomic E-state index is 13.2. The number of allylic oxidation sites excluding steroid dienone is 2. The smallest absolute Gasteiger partial charge is 0.255 e. The molecule has 1 aromatic heterocycles. The van der Waals surface area contributed by atoms with Gasteiger partial charge in [0.2, 0.25) is 0 Å². The normalized spacial score (nSPS) is 16.9. The van der Waals surface area contributed by atoms with Gasteiger partial charge in [-0.15, -0.1) is 23.1 Å². The summed E-state index contributed by atoms with van der Waals surface area (Å²) in [4.78, 5) is 14.2. The molecule has 1 atom stereocenters. The molecule has 1 aliphatic rings. The van der Waals surface area contributed by atoms with Crippen LogP contribution >= 0.6 is 23.1 Å². The minimum absolute atomic E-state index is 0.185. The number of rotatable bonds is 4. The number of anilines is 1. The van der Waals surface area contributed by atoms with Crippen LogP contribution in [0.15, 0.2) is 63.7 Å². The summed E-state index contributed by atoms with van der Waals surface area (Å²) in [5.74, 6) is -0.539. The van der Waals surface area contributed by atoms with Crippen LogP contribution in [0.2, 0.25) is 0 Å². The first-order valence-corrected chi connectivity index (χ1v) is 10.2. The highest BCUT2D eigenvalue weighted by atomic mass is 32.2. The van der Waals surface area contributed by atoms with E-state index in [0.29, 0.717) is 11.1 Å². The number of hydrogen-bond donors (Lipinski definition) is 2. The van der Waals surface area contributed by atoms with Crippen molar-refractivity contribution in [2.45, 2.75) is 19.8 Å². The van der Waals surface area contributed by atoms with Crippen molar-refractivity contribution >= 4 is 34.7 Å². The highest BCUT2D eigenvalue weighted by molar-refractivity contribution is 8.02. The van der Waals surface area contributed by atoms with Crippen LogP contribution in [0.4, 0.5) is 5.69 Å². The highest BCUT2D eigenvalue weighted by Crippen LogP contribution is 2.42. The number of nitrogens with one attached hydrogen (secondary N) is 2. The summed E-state index contributed by atoms with van der Waals surface area (Å²) in [5.41, 5.74) is 3.74. The van der Waals surface area contributed by atoms with Crippen LogP contribution in [0.25, 0.3) is 0 Å². The molecule has 1 aromatic carbocycles. The Hall–Kier alpha value is -2.49. The van der Waals surface area contributed by atoms with Gasteiger partial charge in [-0.3, -0.25) is 4.79 Å². The van der Waals surface area contributed by atoms with Gasteiger partial charge in [0.05, 0.1) is 28.2 Å². The van der Waals surface area contributed by atoms with Gasteiger partial charge in [-0.25, -0.2) is 0 Å². The van der Waals surface area contributed by atoms with Gasteiger partial charge in [0.15, 0.2) is 0 Å². The SMILES string of the molecule is CSC1=C(C(=O)Nc2ccccc2C)C(c2cccs2)C(C#N)=C(C)N1. The van der Waals surface area contributed by atoms with E-state index in [1.165, 1.54) is 11.8 Å². The van der Waals surface area contributed by atoms with Crippen LogP contribution in [0.3, 0.4) is 0 Å². The molecule has 2 aromatic rings. The Kier molecular flexibility index (Phi) is 5.50. The fourth-order valence-corrected chi connectivity index (χ4v) is 4.51. The predicted molar refractivity (Wildman–Crippen MR) is 109 cm³/mol. The average molecular weight is 382 g/mol. The molecule has 6 heteroatoms. The van der Waals surface area contributed by atoms with Gasteiger partial charge >= 0.3 is 0 Å². The van der Waals surface area contributed by atoms with Crippen molar-refractivity contribution < 1.29 is 4.79 Å². The Labute approximate surface area is 161 Å². The summed E-state index contributed by atoms with van der Waals surface area (Å²) in [6.45, 7) is 3.84. The number of carbonyl (C=O) groups excluding carboxylic acids is 1. The number of thiophene rings is 1. The molecule has 0 fully saturated rings. The van der Waals surface area contributed by atoms with E-state index in [1.807, 2.05) is 61.9 Å². The highest BCUT2D eigenvalue weighted by Gasteiger charge is 2.35. The zero-order chi connectivity index (χ0) is 18.7. The fraction of sp³-hybridized carbons (Fsp3) is 0.200. The second-order valence-corrected chi connectivity index (χ2v) is 7.74.